The van der Waals surface area contributed by atoms with Crippen molar-refractivity contribution in [2.45, 2.75) is 0 Å². The van der Waals surface area contributed by atoms with Crippen LogP contribution in [0.1, 0.15) is 0 Å². The molecule has 0 spiro atoms. The van der Waals surface area contributed by atoms with Gasteiger partial charge in [0.1, 0.15) is 5.82 Å². The number of hydrogen-bond donors (Lipinski definition) is 1. The van der Waals surface area contributed by atoms with Gasteiger partial charge in [0.25, 0.3) is 0 Å². The van der Waals surface area contributed by atoms with E-state index in [1.807, 2.05) is 0 Å². The van der Waals surface area contributed by atoms with Crippen LogP contribution in [0.3, 0.4) is 0 Å². The third kappa shape index (κ3) is 0.603. The summed E-state index contributed by atoms with van der Waals surface area (Å²) < 4.78 is 19.9. The molecule has 0 unspecified atom stereocenters. The van der Waals surface area contributed by atoms with Gasteiger partial charge < -0.3 is 0 Å². The highest BCUT2D eigenvalue weighted by molar-refractivity contribution is 5.78. The summed E-state index contributed by atoms with van der Waals surface area (Å²) in [6.07, 6.45) is 1.34. The van der Waals surface area contributed by atoms with Crippen LogP contribution in [-0.4, -0.2) is 10.2 Å². The smallest absolute Gasteiger partial charge is 0.189 e. The highest BCUT2D eigenvalue weighted by Crippen LogP contribution is 2.12. The molecule has 2 rings (SSSR count). The summed E-state index contributed by atoms with van der Waals surface area (Å²) in [5, 5.41) is 4.96. The van der Waals surface area contributed by atoms with E-state index in [-0.39, 0.29) is 5.82 Å². The summed E-state index contributed by atoms with van der Waals surface area (Å²) in [6, 6.07) is 4.60. The molecule has 0 aliphatic rings. The molecular formula is C7H5FN2. The maximum absolute atomic E-state index is 12.9. The summed E-state index contributed by atoms with van der Waals surface area (Å²) in [6.45, 7) is 0. The summed E-state index contributed by atoms with van der Waals surface area (Å²) in [5.41, 5.74) is 0.514. The van der Waals surface area contributed by atoms with Gasteiger partial charge in [-0.05, 0) is 12.1 Å². The van der Waals surface area contributed by atoms with Gasteiger partial charge in [0.05, 0.1) is 10.9 Å². The second kappa shape index (κ2) is 1.80. The van der Waals surface area contributed by atoms with E-state index in [1.54, 1.807) is 12.1 Å². The first kappa shape index (κ1) is 4.44. The number of rotatable bonds is 0. The molecule has 0 aliphatic heterocycles. The van der Waals surface area contributed by atoms with Crippen LogP contribution in [0.25, 0.3) is 10.9 Å². The molecule has 1 N–H and O–H groups in total. The van der Waals surface area contributed by atoms with E-state index in [2.05, 4.69) is 5.10 Å². The molecular weight excluding hydrogens is 131 g/mol. The van der Waals surface area contributed by atoms with Crippen LogP contribution in [0.2, 0.25) is 1.41 Å². The van der Waals surface area contributed by atoms with Crippen molar-refractivity contribution in [1.29, 1.82) is 0 Å². The fourth-order valence-corrected chi connectivity index (χ4v) is 0.889. The van der Waals surface area contributed by atoms with Crippen LogP contribution < -0.4 is 0 Å². The fourth-order valence-electron chi connectivity index (χ4n) is 0.889. The molecule has 0 saturated carbocycles. The Kier molecular flexibility index (Phi) is 0.799. The Morgan fingerprint density at radius 1 is 1.60 bits per heavy atom. The average molecular weight is 137 g/mol. The van der Waals surface area contributed by atoms with E-state index >= 15 is 0 Å². The van der Waals surface area contributed by atoms with Gasteiger partial charge in [-0.15, -0.1) is 0 Å². The molecule has 0 radical (unpaired) electrons. The van der Waals surface area contributed by atoms with Crippen LogP contribution in [-0.2, 0) is 0 Å². The van der Waals surface area contributed by atoms with Gasteiger partial charge in [0.15, 0.2) is 1.41 Å². The number of fused-ring (bicyclic) bond motifs is 1. The van der Waals surface area contributed by atoms with Crippen molar-refractivity contribution in [1.82, 2.24) is 10.2 Å². The standard InChI is InChI=1S/C7H5FN2/c8-6-2-1-3-7-5(6)4-9-10-7/h1-4H,(H,9,10)/i/hD. The Balaban J connectivity index is 2.90. The Morgan fingerprint density at radius 3 is 3.30 bits per heavy atom. The molecule has 0 bridgehead atoms. The third-order valence-corrected chi connectivity index (χ3v) is 1.38. The molecule has 50 valence electrons. The van der Waals surface area contributed by atoms with Crippen LogP contribution in [0.15, 0.2) is 24.4 Å². The molecule has 3 heteroatoms. The van der Waals surface area contributed by atoms with Crippen molar-refractivity contribution in [3.05, 3.63) is 30.2 Å². The van der Waals surface area contributed by atoms with Crippen LogP contribution in [0.4, 0.5) is 4.39 Å². The van der Waals surface area contributed by atoms with Gasteiger partial charge in [-0.3, -0.25) is 5.09 Å². The Bertz CT molecular complexity index is 396. The zero-order valence-corrected chi connectivity index (χ0v) is 5.08. The number of H-pyrrole nitrogens is 1. The van der Waals surface area contributed by atoms with E-state index in [1.165, 1.54) is 12.3 Å². The van der Waals surface area contributed by atoms with Crippen molar-refractivity contribution in [2.24, 2.45) is 0 Å². The van der Waals surface area contributed by atoms with Gasteiger partial charge >= 0.3 is 0 Å². The zero-order valence-electron chi connectivity index (χ0n) is 6.08. The molecule has 2 aromatic rings. The average Bonchev–Trinajstić information content (AvgIpc) is 2.31. The van der Waals surface area contributed by atoms with E-state index < -0.39 is 0 Å². The number of nitrogens with one attached hydrogen (secondary N) is 1. The van der Waals surface area contributed by atoms with Gasteiger partial charge in [0, 0.05) is 6.20 Å². The predicted octanol–water partition coefficient (Wildman–Crippen LogP) is 1.70. The maximum Gasteiger partial charge on any atom is 0.189 e. The third-order valence-electron chi connectivity index (χ3n) is 1.38. The molecule has 1 heterocycles. The number of aromatic amines is 1. The Labute approximate surface area is 58.1 Å². The van der Waals surface area contributed by atoms with Crippen molar-refractivity contribution >= 4 is 10.9 Å². The molecule has 2 nitrogen and oxygen atoms in total. The second-order valence-electron chi connectivity index (χ2n) is 2.02. The first-order chi connectivity index (χ1) is 5.27. The minimum Gasteiger partial charge on any atom is -0.284 e. The molecule has 1 aromatic carbocycles. The molecule has 0 fully saturated rings. The molecule has 0 saturated heterocycles. The monoisotopic (exact) mass is 137 g/mol. The Hall–Kier alpha value is -1.38. The minimum absolute atomic E-state index is 0.332. The van der Waals surface area contributed by atoms with E-state index in [4.69, 9.17) is 1.41 Å². The SMILES string of the molecule is [2H]n1cc2c(F)cccc2n1. The van der Waals surface area contributed by atoms with Gasteiger partial charge in [-0.2, -0.15) is 5.10 Å². The maximum atomic E-state index is 12.9. The number of halogens is 1. The summed E-state index contributed by atoms with van der Waals surface area (Å²) >= 11 is 0. The molecule has 10 heavy (non-hydrogen) atoms. The highest BCUT2D eigenvalue weighted by atomic mass is 19.1. The lowest BCUT2D eigenvalue weighted by atomic mass is 10.2. The molecule has 1 aromatic heterocycles. The van der Waals surface area contributed by atoms with E-state index in [0.29, 0.717) is 10.9 Å². The van der Waals surface area contributed by atoms with Gasteiger partial charge in [0.2, 0.25) is 0 Å². The molecule has 0 atom stereocenters. The number of benzene rings is 1. The number of aromatic nitrogens is 2. The van der Waals surface area contributed by atoms with Crippen molar-refractivity contribution in [2.75, 3.05) is 0 Å². The summed E-state index contributed by atoms with van der Waals surface area (Å²) in [5.74, 6) is -0.332. The Morgan fingerprint density at radius 2 is 2.50 bits per heavy atom. The first-order valence-electron chi connectivity index (χ1n) is 3.35. The lowest BCUT2D eigenvalue weighted by molar-refractivity contribution is 0.640. The van der Waals surface area contributed by atoms with Crippen molar-refractivity contribution < 1.29 is 5.80 Å². The topological polar surface area (TPSA) is 28.7 Å². The highest BCUT2D eigenvalue weighted by Gasteiger charge is 1.98. The largest absolute Gasteiger partial charge is 0.284 e. The van der Waals surface area contributed by atoms with Crippen LogP contribution in [0, 0.1) is 5.82 Å². The normalized spacial score (nSPS) is 11.9. The minimum atomic E-state index is -0.332. The summed E-state index contributed by atoms with van der Waals surface area (Å²) in [4.78, 5) is 0. The van der Waals surface area contributed by atoms with Gasteiger partial charge in [-0.1, -0.05) is 6.07 Å². The zero-order chi connectivity index (χ0) is 7.84. The van der Waals surface area contributed by atoms with Crippen molar-refractivity contribution in [3.8, 4) is 0 Å². The quantitative estimate of drug-likeness (QED) is 0.588. The number of hydrogen-bond acceptors (Lipinski definition) is 1. The lowest BCUT2D eigenvalue weighted by Crippen LogP contribution is -1.72. The van der Waals surface area contributed by atoms with Gasteiger partial charge in [-0.25, -0.2) is 4.39 Å². The van der Waals surface area contributed by atoms with Crippen molar-refractivity contribution in [3.63, 3.8) is 0 Å². The predicted molar refractivity (Wildman–Crippen MR) is 36.1 cm³/mol. The molecule has 0 amide bonds. The first-order valence-corrected chi connectivity index (χ1v) is 2.90. The van der Waals surface area contributed by atoms with E-state index in [9.17, 15) is 4.39 Å². The summed E-state index contributed by atoms with van der Waals surface area (Å²) in [7, 11) is 0. The second-order valence-corrected chi connectivity index (χ2v) is 2.02. The fraction of sp³-hybridized carbons (Fsp3) is 0. The van der Waals surface area contributed by atoms with E-state index in [0.717, 1.165) is 5.09 Å². The lowest BCUT2D eigenvalue weighted by Gasteiger charge is -1.86. The van der Waals surface area contributed by atoms with Crippen LogP contribution in [0.5, 0.6) is 0 Å². The van der Waals surface area contributed by atoms with Crippen LogP contribution >= 0.6 is 0 Å². The number of nitrogens with zero attached hydrogens (tertiary/aromatic N) is 1. The molecule has 0 aliphatic carbocycles.